The lowest BCUT2D eigenvalue weighted by Gasteiger charge is -2.15. The van der Waals surface area contributed by atoms with E-state index in [1.165, 1.54) is 7.11 Å². The van der Waals surface area contributed by atoms with E-state index < -0.39 is 0 Å². The van der Waals surface area contributed by atoms with E-state index in [9.17, 15) is 9.59 Å². The molecule has 2 amide bonds. The number of methoxy groups -OCH3 is 1. The van der Waals surface area contributed by atoms with Crippen molar-refractivity contribution >= 4 is 23.2 Å². The summed E-state index contributed by atoms with van der Waals surface area (Å²) in [4.78, 5) is 23.5. The Morgan fingerprint density at radius 1 is 1.19 bits per heavy atom. The van der Waals surface area contributed by atoms with Crippen LogP contribution >= 0.6 is 0 Å². The summed E-state index contributed by atoms with van der Waals surface area (Å²) in [6.45, 7) is 0.0120. The monoisotopic (exact) mass is 291 g/mol. The fourth-order valence-electron chi connectivity index (χ4n) is 2.51. The molecule has 6 nitrogen and oxygen atoms in total. The molecule has 1 fully saturated rings. The molecule has 0 aromatic heterocycles. The Morgan fingerprint density at radius 2 is 1.81 bits per heavy atom. The van der Waals surface area contributed by atoms with Gasteiger partial charge in [0.1, 0.15) is 6.61 Å². The van der Waals surface area contributed by atoms with Crippen LogP contribution in [0.5, 0.6) is 0 Å². The first-order valence-corrected chi connectivity index (χ1v) is 7.05. The number of anilines is 2. The van der Waals surface area contributed by atoms with Crippen LogP contribution in [0.1, 0.15) is 19.3 Å². The summed E-state index contributed by atoms with van der Waals surface area (Å²) in [7, 11) is 1.46. The van der Waals surface area contributed by atoms with E-state index >= 15 is 0 Å². The molecule has 4 N–H and O–H groups in total. The number of amides is 2. The molecular weight excluding hydrogens is 270 g/mol. The second kappa shape index (κ2) is 7.19. The Hall–Kier alpha value is -1.92. The van der Waals surface area contributed by atoms with Crippen molar-refractivity contribution in [1.82, 2.24) is 0 Å². The molecule has 1 aromatic carbocycles. The molecule has 1 aliphatic carbocycles. The first-order valence-electron chi connectivity index (χ1n) is 7.05. The van der Waals surface area contributed by atoms with E-state index in [2.05, 4.69) is 10.6 Å². The van der Waals surface area contributed by atoms with Crippen LogP contribution in [0.4, 0.5) is 11.4 Å². The highest BCUT2D eigenvalue weighted by Gasteiger charge is 2.30. The molecule has 6 heteroatoms. The molecule has 0 aliphatic heterocycles. The van der Waals surface area contributed by atoms with Crippen molar-refractivity contribution in [2.75, 3.05) is 24.4 Å². The van der Waals surface area contributed by atoms with Crippen LogP contribution in [0.3, 0.4) is 0 Å². The quantitative estimate of drug-likeness (QED) is 0.763. The van der Waals surface area contributed by atoms with Crippen LogP contribution in [0.2, 0.25) is 0 Å². The minimum absolute atomic E-state index is 0.0120. The van der Waals surface area contributed by atoms with Crippen LogP contribution < -0.4 is 16.4 Å². The van der Waals surface area contributed by atoms with Crippen molar-refractivity contribution < 1.29 is 14.3 Å². The van der Waals surface area contributed by atoms with E-state index in [-0.39, 0.29) is 30.4 Å². The van der Waals surface area contributed by atoms with Gasteiger partial charge in [-0.1, -0.05) is 6.42 Å². The topological polar surface area (TPSA) is 93.5 Å². The van der Waals surface area contributed by atoms with Crippen molar-refractivity contribution in [3.05, 3.63) is 24.3 Å². The fraction of sp³-hybridized carbons (Fsp3) is 0.467. The molecule has 0 spiro atoms. The lowest BCUT2D eigenvalue weighted by molar-refractivity contribution is -0.120. The molecule has 0 radical (unpaired) electrons. The van der Waals surface area contributed by atoms with Gasteiger partial charge in [-0.2, -0.15) is 0 Å². The minimum Gasteiger partial charge on any atom is -0.375 e. The van der Waals surface area contributed by atoms with Crippen molar-refractivity contribution in [3.63, 3.8) is 0 Å². The fourth-order valence-corrected chi connectivity index (χ4v) is 2.51. The minimum atomic E-state index is -0.216. The van der Waals surface area contributed by atoms with Gasteiger partial charge in [0, 0.05) is 24.5 Å². The number of nitrogens with two attached hydrogens (primary N) is 1. The average Bonchev–Trinajstić information content (AvgIpc) is 2.87. The van der Waals surface area contributed by atoms with Crippen molar-refractivity contribution in [1.29, 1.82) is 0 Å². The van der Waals surface area contributed by atoms with Crippen LogP contribution in [-0.4, -0.2) is 31.6 Å². The van der Waals surface area contributed by atoms with Crippen molar-refractivity contribution in [2.45, 2.75) is 25.3 Å². The van der Waals surface area contributed by atoms with E-state index in [1.54, 1.807) is 24.3 Å². The van der Waals surface area contributed by atoms with Gasteiger partial charge in [-0.15, -0.1) is 0 Å². The van der Waals surface area contributed by atoms with Gasteiger partial charge in [0.05, 0.1) is 5.92 Å². The standard InChI is InChI=1S/C15H21N3O3/c1-21-9-14(19)17-10-5-7-11(8-6-10)18-15(20)12-3-2-4-13(12)16/h5-8,12-13H,2-4,9,16H2,1H3,(H,17,19)(H,18,20). The largest absolute Gasteiger partial charge is 0.375 e. The molecular formula is C15H21N3O3. The SMILES string of the molecule is COCC(=O)Nc1ccc(NC(=O)C2CCCC2N)cc1. The molecule has 114 valence electrons. The zero-order valence-corrected chi connectivity index (χ0v) is 12.1. The van der Waals surface area contributed by atoms with Crippen molar-refractivity contribution in [2.24, 2.45) is 11.7 Å². The average molecular weight is 291 g/mol. The molecule has 0 saturated heterocycles. The number of hydrogen-bond donors (Lipinski definition) is 3. The molecule has 1 aromatic rings. The van der Waals surface area contributed by atoms with Crippen molar-refractivity contribution in [3.8, 4) is 0 Å². The van der Waals surface area contributed by atoms with Crippen LogP contribution in [-0.2, 0) is 14.3 Å². The second-order valence-corrected chi connectivity index (χ2v) is 5.25. The number of hydrogen-bond acceptors (Lipinski definition) is 4. The van der Waals surface area contributed by atoms with E-state index in [1.807, 2.05) is 0 Å². The molecule has 1 saturated carbocycles. The van der Waals surface area contributed by atoms with Gasteiger partial charge in [0.15, 0.2) is 0 Å². The maximum Gasteiger partial charge on any atom is 0.250 e. The number of rotatable bonds is 5. The summed E-state index contributed by atoms with van der Waals surface area (Å²) >= 11 is 0. The molecule has 2 rings (SSSR count). The van der Waals surface area contributed by atoms with Crippen LogP contribution in [0, 0.1) is 5.92 Å². The van der Waals surface area contributed by atoms with Gasteiger partial charge in [0.25, 0.3) is 0 Å². The third-order valence-electron chi connectivity index (χ3n) is 3.62. The van der Waals surface area contributed by atoms with E-state index in [0.29, 0.717) is 11.4 Å². The van der Waals surface area contributed by atoms with Gasteiger partial charge >= 0.3 is 0 Å². The molecule has 1 aliphatic rings. The molecule has 0 bridgehead atoms. The summed E-state index contributed by atoms with van der Waals surface area (Å²) in [6, 6.07) is 6.93. The third kappa shape index (κ3) is 4.27. The normalized spacial score (nSPS) is 21.0. The summed E-state index contributed by atoms with van der Waals surface area (Å²) in [5.41, 5.74) is 7.28. The second-order valence-electron chi connectivity index (χ2n) is 5.25. The predicted molar refractivity (Wildman–Crippen MR) is 80.9 cm³/mol. The molecule has 2 atom stereocenters. The lowest BCUT2D eigenvalue weighted by atomic mass is 10.0. The highest BCUT2D eigenvalue weighted by Crippen LogP contribution is 2.25. The highest BCUT2D eigenvalue weighted by atomic mass is 16.5. The predicted octanol–water partition coefficient (Wildman–Crippen LogP) is 1.34. The number of nitrogens with one attached hydrogen (secondary N) is 2. The van der Waals surface area contributed by atoms with E-state index in [0.717, 1.165) is 19.3 Å². The van der Waals surface area contributed by atoms with Gasteiger partial charge in [-0.05, 0) is 37.1 Å². The maximum absolute atomic E-state index is 12.1. The zero-order valence-electron chi connectivity index (χ0n) is 12.1. The Balaban J connectivity index is 1.90. The maximum atomic E-state index is 12.1. The van der Waals surface area contributed by atoms with Gasteiger partial charge in [-0.3, -0.25) is 9.59 Å². The highest BCUT2D eigenvalue weighted by molar-refractivity contribution is 5.94. The van der Waals surface area contributed by atoms with Crippen LogP contribution in [0.25, 0.3) is 0 Å². The lowest BCUT2D eigenvalue weighted by Crippen LogP contribution is -2.34. The van der Waals surface area contributed by atoms with Gasteiger partial charge in [0.2, 0.25) is 11.8 Å². The first kappa shape index (κ1) is 15.5. The van der Waals surface area contributed by atoms with Gasteiger partial charge < -0.3 is 21.1 Å². The number of ether oxygens (including phenoxy) is 1. The Bertz CT molecular complexity index is 501. The molecule has 2 unspecified atom stereocenters. The number of carbonyl (C=O) groups excluding carboxylic acids is 2. The molecule has 21 heavy (non-hydrogen) atoms. The van der Waals surface area contributed by atoms with E-state index in [4.69, 9.17) is 10.5 Å². The molecule has 0 heterocycles. The number of benzene rings is 1. The smallest absolute Gasteiger partial charge is 0.250 e. The van der Waals surface area contributed by atoms with Gasteiger partial charge in [-0.25, -0.2) is 0 Å². The summed E-state index contributed by atoms with van der Waals surface area (Å²) in [5, 5.41) is 5.55. The Kier molecular flexibility index (Phi) is 5.30. The zero-order chi connectivity index (χ0) is 15.2. The van der Waals surface area contributed by atoms with Crippen LogP contribution in [0.15, 0.2) is 24.3 Å². The summed E-state index contributed by atoms with van der Waals surface area (Å²) < 4.78 is 4.74. The summed E-state index contributed by atoms with van der Waals surface area (Å²) in [6.07, 6.45) is 2.75. The Morgan fingerprint density at radius 3 is 2.33 bits per heavy atom. The number of carbonyl (C=O) groups is 2. The first-order chi connectivity index (χ1) is 10.1. The summed E-state index contributed by atoms with van der Waals surface area (Å²) in [5.74, 6) is -0.353. The Labute approximate surface area is 124 Å². The third-order valence-corrected chi connectivity index (χ3v) is 3.62.